The third-order valence-electron chi connectivity index (χ3n) is 1.69. The van der Waals surface area contributed by atoms with E-state index in [-0.39, 0.29) is 5.97 Å². The summed E-state index contributed by atoms with van der Waals surface area (Å²) in [6, 6.07) is 1.77. The number of fused-ring (bicyclic) bond motifs is 1. The maximum Gasteiger partial charge on any atom is 0.348 e. The Labute approximate surface area is 92.4 Å². The zero-order valence-corrected chi connectivity index (χ0v) is 9.74. The number of hydrogen-bond donors (Lipinski definition) is 1. The Morgan fingerprint density at radius 2 is 2.57 bits per heavy atom. The molecule has 0 fully saturated rings. The highest BCUT2D eigenvalue weighted by molar-refractivity contribution is 9.10. The molecule has 4 nitrogen and oxygen atoms in total. The van der Waals surface area contributed by atoms with E-state index in [0.717, 1.165) is 14.8 Å². The van der Waals surface area contributed by atoms with Crippen LogP contribution < -0.4 is 0 Å². The fraction of sp³-hybridized carbons (Fsp3) is 0.250. The quantitative estimate of drug-likeness (QED) is 0.857. The Bertz CT molecular complexity index is 477. The normalized spacial score (nSPS) is 10.7. The SMILES string of the molecule is CCOC(=O)c1cc2c(Br)n[nH]c2s1. The van der Waals surface area contributed by atoms with E-state index in [1.165, 1.54) is 11.3 Å². The van der Waals surface area contributed by atoms with E-state index in [4.69, 9.17) is 4.74 Å². The van der Waals surface area contributed by atoms with Crippen molar-refractivity contribution in [1.82, 2.24) is 10.2 Å². The van der Waals surface area contributed by atoms with Crippen molar-refractivity contribution in [3.05, 3.63) is 15.5 Å². The molecule has 0 amide bonds. The van der Waals surface area contributed by atoms with Crippen LogP contribution in [0.1, 0.15) is 16.6 Å². The summed E-state index contributed by atoms with van der Waals surface area (Å²) in [5.74, 6) is -0.283. The van der Waals surface area contributed by atoms with Crippen LogP contribution in [0.3, 0.4) is 0 Å². The van der Waals surface area contributed by atoms with Crippen LogP contribution in [-0.4, -0.2) is 22.8 Å². The van der Waals surface area contributed by atoms with Gasteiger partial charge in [-0.25, -0.2) is 4.79 Å². The van der Waals surface area contributed by atoms with Crippen LogP contribution in [-0.2, 0) is 4.74 Å². The number of ether oxygens (including phenoxy) is 1. The first kappa shape index (κ1) is 9.67. The minimum Gasteiger partial charge on any atom is -0.462 e. The number of rotatable bonds is 2. The first-order valence-electron chi connectivity index (χ1n) is 4.03. The summed E-state index contributed by atoms with van der Waals surface area (Å²) in [6.07, 6.45) is 0. The van der Waals surface area contributed by atoms with Gasteiger partial charge in [0.15, 0.2) is 0 Å². The van der Waals surface area contributed by atoms with Gasteiger partial charge in [0.1, 0.15) is 14.3 Å². The molecule has 6 heteroatoms. The average molecular weight is 275 g/mol. The van der Waals surface area contributed by atoms with Crippen molar-refractivity contribution in [1.29, 1.82) is 0 Å². The summed E-state index contributed by atoms with van der Waals surface area (Å²) < 4.78 is 5.61. The summed E-state index contributed by atoms with van der Waals surface area (Å²) in [6.45, 7) is 2.18. The predicted octanol–water partition coefficient (Wildman–Crippen LogP) is 2.56. The first-order valence-corrected chi connectivity index (χ1v) is 5.64. The summed E-state index contributed by atoms with van der Waals surface area (Å²) in [5.41, 5.74) is 0. The third-order valence-corrected chi connectivity index (χ3v) is 3.31. The molecule has 1 N–H and O–H groups in total. The number of H-pyrrole nitrogens is 1. The fourth-order valence-corrected chi connectivity index (χ4v) is 2.52. The van der Waals surface area contributed by atoms with Gasteiger partial charge in [-0.05, 0) is 28.9 Å². The van der Waals surface area contributed by atoms with Crippen LogP contribution in [0.5, 0.6) is 0 Å². The lowest BCUT2D eigenvalue weighted by molar-refractivity contribution is 0.0532. The molecule has 2 heterocycles. The number of carbonyl (C=O) groups excluding carboxylic acids is 1. The number of halogens is 1. The highest BCUT2D eigenvalue weighted by Gasteiger charge is 2.14. The molecule has 0 aromatic carbocycles. The van der Waals surface area contributed by atoms with Crippen molar-refractivity contribution in [3.8, 4) is 0 Å². The largest absolute Gasteiger partial charge is 0.462 e. The van der Waals surface area contributed by atoms with E-state index >= 15 is 0 Å². The Balaban J connectivity index is 2.40. The molecule has 0 spiro atoms. The maximum absolute atomic E-state index is 11.4. The Morgan fingerprint density at radius 1 is 1.79 bits per heavy atom. The molecule has 0 atom stereocenters. The molecule has 14 heavy (non-hydrogen) atoms. The van der Waals surface area contributed by atoms with Crippen LogP contribution in [0.4, 0.5) is 0 Å². The predicted molar refractivity (Wildman–Crippen MR) is 57.6 cm³/mol. The molecule has 0 aliphatic heterocycles. The highest BCUT2D eigenvalue weighted by Crippen LogP contribution is 2.29. The lowest BCUT2D eigenvalue weighted by atomic mass is 10.4. The molecular weight excluding hydrogens is 268 g/mol. The molecule has 0 aliphatic rings. The molecule has 2 rings (SSSR count). The van der Waals surface area contributed by atoms with Crippen molar-refractivity contribution >= 4 is 43.5 Å². The van der Waals surface area contributed by atoms with Crippen LogP contribution in [0.2, 0.25) is 0 Å². The van der Waals surface area contributed by atoms with E-state index in [1.54, 1.807) is 13.0 Å². The Morgan fingerprint density at radius 3 is 3.21 bits per heavy atom. The van der Waals surface area contributed by atoms with Gasteiger partial charge < -0.3 is 4.74 Å². The van der Waals surface area contributed by atoms with Crippen molar-refractivity contribution in [3.63, 3.8) is 0 Å². The van der Waals surface area contributed by atoms with Gasteiger partial charge >= 0.3 is 5.97 Å². The number of nitrogens with one attached hydrogen (secondary N) is 1. The third kappa shape index (κ3) is 1.55. The van der Waals surface area contributed by atoms with Crippen LogP contribution in [0.25, 0.3) is 10.2 Å². The van der Waals surface area contributed by atoms with Gasteiger partial charge in [-0.3, -0.25) is 5.10 Å². The maximum atomic E-state index is 11.4. The highest BCUT2D eigenvalue weighted by atomic mass is 79.9. The van der Waals surface area contributed by atoms with Gasteiger partial charge in [0.25, 0.3) is 0 Å². The zero-order valence-electron chi connectivity index (χ0n) is 7.33. The number of aromatic amines is 1. The van der Waals surface area contributed by atoms with Crippen LogP contribution in [0, 0.1) is 0 Å². The average Bonchev–Trinajstić information content (AvgIpc) is 2.69. The lowest BCUT2D eigenvalue weighted by Gasteiger charge is -1.95. The van der Waals surface area contributed by atoms with E-state index in [9.17, 15) is 4.79 Å². The van der Waals surface area contributed by atoms with Crippen molar-refractivity contribution in [2.24, 2.45) is 0 Å². The number of aromatic nitrogens is 2. The molecule has 0 bridgehead atoms. The fourth-order valence-electron chi connectivity index (χ4n) is 1.09. The second-order valence-corrected chi connectivity index (χ2v) is 4.39. The standard InChI is InChI=1S/C8H7BrN2O2S/c1-2-13-8(12)5-3-4-6(9)10-11-7(4)14-5/h3H,2H2,1H3,(H,10,11). The zero-order chi connectivity index (χ0) is 10.1. The smallest absolute Gasteiger partial charge is 0.348 e. The summed E-state index contributed by atoms with van der Waals surface area (Å²) in [7, 11) is 0. The van der Waals surface area contributed by atoms with E-state index in [1.807, 2.05) is 0 Å². The molecule has 0 radical (unpaired) electrons. The minimum atomic E-state index is -0.283. The molecule has 0 saturated heterocycles. The molecule has 2 aromatic heterocycles. The van der Waals surface area contributed by atoms with Gasteiger partial charge in [0.05, 0.1) is 6.61 Å². The van der Waals surface area contributed by atoms with Gasteiger partial charge in [0.2, 0.25) is 0 Å². The van der Waals surface area contributed by atoms with Crippen molar-refractivity contribution in [2.75, 3.05) is 6.61 Å². The molecule has 74 valence electrons. The molecular formula is C8H7BrN2O2S. The molecule has 0 unspecified atom stereocenters. The van der Waals surface area contributed by atoms with Crippen LogP contribution in [0.15, 0.2) is 10.7 Å². The molecule has 0 saturated carbocycles. The number of carbonyl (C=O) groups is 1. The second-order valence-electron chi connectivity index (χ2n) is 2.59. The second kappa shape index (κ2) is 3.70. The van der Waals surface area contributed by atoms with Crippen molar-refractivity contribution in [2.45, 2.75) is 6.92 Å². The van der Waals surface area contributed by atoms with Gasteiger partial charge in [0, 0.05) is 5.39 Å². The summed E-state index contributed by atoms with van der Waals surface area (Å²) in [4.78, 5) is 12.8. The minimum absolute atomic E-state index is 0.283. The molecule has 0 aliphatic carbocycles. The van der Waals surface area contributed by atoms with Crippen LogP contribution >= 0.6 is 27.3 Å². The van der Waals surface area contributed by atoms with Crippen molar-refractivity contribution < 1.29 is 9.53 Å². The first-order chi connectivity index (χ1) is 6.72. The number of esters is 1. The van der Waals surface area contributed by atoms with E-state index in [2.05, 4.69) is 26.1 Å². The van der Waals surface area contributed by atoms with Gasteiger partial charge in [-0.15, -0.1) is 11.3 Å². The van der Waals surface area contributed by atoms with Gasteiger partial charge in [-0.2, -0.15) is 5.10 Å². The van der Waals surface area contributed by atoms with E-state index in [0.29, 0.717) is 11.5 Å². The number of thiophene rings is 1. The summed E-state index contributed by atoms with van der Waals surface area (Å²) in [5, 5.41) is 7.69. The van der Waals surface area contributed by atoms with E-state index < -0.39 is 0 Å². The number of hydrogen-bond acceptors (Lipinski definition) is 4. The summed E-state index contributed by atoms with van der Waals surface area (Å²) >= 11 is 4.62. The Kier molecular flexibility index (Phi) is 2.56. The van der Waals surface area contributed by atoms with Gasteiger partial charge in [-0.1, -0.05) is 0 Å². The molecule has 2 aromatic rings. The topological polar surface area (TPSA) is 55.0 Å². The number of nitrogens with zero attached hydrogens (tertiary/aromatic N) is 1. The Hall–Kier alpha value is -0.880. The lowest BCUT2D eigenvalue weighted by Crippen LogP contribution is -2.01. The monoisotopic (exact) mass is 274 g/mol.